The molecule has 26 heavy (non-hydrogen) atoms. The van der Waals surface area contributed by atoms with Crippen LogP contribution in [0.5, 0.6) is 5.75 Å². The standard InChI is InChI=1S/C13H19NO2.C8H10O2/c1-2-3-4-9-14-10-11-5-7-12(8-6-11)13(15)16;1-10-8-4-2-7(6-9)3-5-8/h5-8,14H,2-4,9-10H2,1H3,(H,15,16);2-5,9H,6H2,1H3. The van der Waals surface area contributed by atoms with Crippen molar-refractivity contribution in [2.24, 2.45) is 0 Å². The third-order valence-electron chi connectivity index (χ3n) is 3.83. The van der Waals surface area contributed by atoms with Gasteiger partial charge in [-0.15, -0.1) is 0 Å². The number of ether oxygens (including phenoxy) is 1. The van der Waals surface area contributed by atoms with Gasteiger partial charge in [0.05, 0.1) is 19.3 Å². The molecule has 0 unspecified atom stereocenters. The molecule has 0 spiro atoms. The fourth-order valence-electron chi connectivity index (χ4n) is 2.23. The lowest BCUT2D eigenvalue weighted by Gasteiger charge is -2.04. The molecule has 5 nitrogen and oxygen atoms in total. The van der Waals surface area contributed by atoms with E-state index in [0.717, 1.165) is 30.0 Å². The number of aromatic carboxylic acids is 1. The van der Waals surface area contributed by atoms with Gasteiger partial charge in [0.25, 0.3) is 0 Å². The van der Waals surface area contributed by atoms with E-state index in [1.807, 2.05) is 36.4 Å². The number of unbranched alkanes of at least 4 members (excludes halogenated alkanes) is 2. The Morgan fingerprint density at radius 2 is 1.62 bits per heavy atom. The average Bonchev–Trinajstić information content (AvgIpc) is 2.68. The van der Waals surface area contributed by atoms with Crippen LogP contribution in [0, 0.1) is 0 Å². The molecule has 2 aromatic carbocycles. The average molecular weight is 359 g/mol. The van der Waals surface area contributed by atoms with Crippen molar-refractivity contribution in [3.8, 4) is 5.75 Å². The van der Waals surface area contributed by atoms with Crippen LogP contribution < -0.4 is 10.1 Å². The van der Waals surface area contributed by atoms with Crippen molar-refractivity contribution in [2.45, 2.75) is 39.3 Å². The monoisotopic (exact) mass is 359 g/mol. The summed E-state index contributed by atoms with van der Waals surface area (Å²) < 4.78 is 4.93. The summed E-state index contributed by atoms with van der Waals surface area (Å²) in [6.07, 6.45) is 3.68. The van der Waals surface area contributed by atoms with Crippen LogP contribution in [0.2, 0.25) is 0 Å². The van der Waals surface area contributed by atoms with Gasteiger partial charge >= 0.3 is 5.97 Å². The van der Waals surface area contributed by atoms with Crippen molar-refractivity contribution >= 4 is 5.97 Å². The molecule has 0 saturated carbocycles. The van der Waals surface area contributed by atoms with Crippen LogP contribution in [0.3, 0.4) is 0 Å². The number of carboxylic acids is 1. The van der Waals surface area contributed by atoms with Gasteiger partial charge in [-0.3, -0.25) is 0 Å². The largest absolute Gasteiger partial charge is 0.497 e. The van der Waals surface area contributed by atoms with E-state index >= 15 is 0 Å². The summed E-state index contributed by atoms with van der Waals surface area (Å²) in [4.78, 5) is 10.6. The molecule has 142 valence electrons. The summed E-state index contributed by atoms with van der Waals surface area (Å²) in [5.74, 6) is -0.0559. The highest BCUT2D eigenvalue weighted by Crippen LogP contribution is 2.10. The van der Waals surface area contributed by atoms with Crippen LogP contribution in [0.1, 0.15) is 47.7 Å². The summed E-state index contributed by atoms with van der Waals surface area (Å²) in [5.41, 5.74) is 2.37. The molecule has 5 heteroatoms. The van der Waals surface area contributed by atoms with Crippen molar-refractivity contribution in [1.29, 1.82) is 0 Å². The fraction of sp³-hybridized carbons (Fsp3) is 0.381. The number of nitrogens with one attached hydrogen (secondary N) is 1. The van der Waals surface area contributed by atoms with Crippen LogP contribution >= 0.6 is 0 Å². The molecule has 0 fully saturated rings. The first-order valence-corrected chi connectivity index (χ1v) is 8.87. The molecule has 0 amide bonds. The van der Waals surface area contributed by atoms with E-state index in [2.05, 4.69) is 12.2 Å². The predicted octanol–water partition coefficient (Wildman–Crippen LogP) is 3.85. The quantitative estimate of drug-likeness (QED) is 0.593. The Balaban J connectivity index is 0.000000289. The summed E-state index contributed by atoms with van der Waals surface area (Å²) in [5, 5.41) is 20.7. The van der Waals surface area contributed by atoms with Gasteiger partial charge in [0.15, 0.2) is 0 Å². The first kappa shape index (κ1) is 21.7. The Morgan fingerprint density at radius 1 is 1.00 bits per heavy atom. The van der Waals surface area contributed by atoms with Gasteiger partial charge in [-0.2, -0.15) is 0 Å². The number of methoxy groups -OCH3 is 1. The van der Waals surface area contributed by atoms with Gasteiger partial charge in [-0.1, -0.05) is 44.0 Å². The summed E-state index contributed by atoms with van der Waals surface area (Å²) >= 11 is 0. The third-order valence-corrected chi connectivity index (χ3v) is 3.83. The van der Waals surface area contributed by atoms with E-state index in [1.165, 1.54) is 19.3 Å². The van der Waals surface area contributed by atoms with E-state index in [1.54, 1.807) is 19.2 Å². The van der Waals surface area contributed by atoms with Gasteiger partial charge in [0, 0.05) is 6.54 Å². The maximum Gasteiger partial charge on any atom is 0.335 e. The van der Waals surface area contributed by atoms with Gasteiger partial charge in [0.1, 0.15) is 5.75 Å². The molecule has 2 rings (SSSR count). The Hall–Kier alpha value is -2.37. The molecule has 0 heterocycles. The number of hydrogen-bond acceptors (Lipinski definition) is 4. The molecular formula is C21H29NO4. The van der Waals surface area contributed by atoms with Crippen molar-refractivity contribution in [3.05, 3.63) is 65.2 Å². The molecule has 0 bridgehead atoms. The minimum absolute atomic E-state index is 0.0873. The molecule has 0 aromatic heterocycles. The van der Waals surface area contributed by atoms with Crippen molar-refractivity contribution < 1.29 is 19.7 Å². The molecule has 0 aliphatic rings. The molecular weight excluding hydrogens is 330 g/mol. The summed E-state index contributed by atoms with van der Waals surface area (Å²) in [6.45, 7) is 4.10. The number of aliphatic hydroxyl groups is 1. The maximum absolute atomic E-state index is 10.6. The second-order valence-electron chi connectivity index (χ2n) is 5.89. The van der Waals surface area contributed by atoms with Gasteiger partial charge in [-0.05, 0) is 48.4 Å². The number of benzene rings is 2. The van der Waals surface area contributed by atoms with Gasteiger partial charge in [-0.25, -0.2) is 4.79 Å². The van der Waals surface area contributed by atoms with E-state index in [0.29, 0.717) is 5.56 Å². The molecule has 2 aromatic rings. The number of rotatable bonds is 9. The molecule has 0 saturated heterocycles. The predicted molar refractivity (Wildman–Crippen MR) is 104 cm³/mol. The molecule has 0 aliphatic heterocycles. The summed E-state index contributed by atoms with van der Waals surface area (Å²) in [7, 11) is 1.62. The minimum atomic E-state index is -0.873. The first-order chi connectivity index (χ1) is 12.6. The van der Waals surface area contributed by atoms with Crippen LogP contribution in [0.15, 0.2) is 48.5 Å². The number of carboxylic acid groups (broad SMARTS) is 1. The Bertz CT molecular complexity index is 600. The van der Waals surface area contributed by atoms with Crippen molar-refractivity contribution in [2.75, 3.05) is 13.7 Å². The van der Waals surface area contributed by atoms with Crippen LogP contribution in [0.4, 0.5) is 0 Å². The fourth-order valence-corrected chi connectivity index (χ4v) is 2.23. The van der Waals surface area contributed by atoms with E-state index in [9.17, 15) is 4.79 Å². The molecule has 3 N–H and O–H groups in total. The first-order valence-electron chi connectivity index (χ1n) is 8.87. The molecule has 0 atom stereocenters. The zero-order valence-electron chi connectivity index (χ0n) is 15.6. The highest BCUT2D eigenvalue weighted by molar-refractivity contribution is 5.87. The molecule has 0 aliphatic carbocycles. The third kappa shape index (κ3) is 8.65. The van der Waals surface area contributed by atoms with Gasteiger partial charge in [0.2, 0.25) is 0 Å². The topological polar surface area (TPSA) is 78.8 Å². The highest BCUT2D eigenvalue weighted by Gasteiger charge is 2.01. The van der Waals surface area contributed by atoms with Crippen LogP contribution in [0.25, 0.3) is 0 Å². The van der Waals surface area contributed by atoms with E-state index in [4.69, 9.17) is 14.9 Å². The zero-order valence-corrected chi connectivity index (χ0v) is 15.6. The van der Waals surface area contributed by atoms with Crippen molar-refractivity contribution in [1.82, 2.24) is 5.32 Å². The van der Waals surface area contributed by atoms with Gasteiger partial charge < -0.3 is 20.3 Å². The smallest absolute Gasteiger partial charge is 0.335 e. The number of aliphatic hydroxyl groups excluding tert-OH is 1. The van der Waals surface area contributed by atoms with E-state index in [-0.39, 0.29) is 6.61 Å². The lowest BCUT2D eigenvalue weighted by atomic mass is 10.1. The molecule has 0 radical (unpaired) electrons. The lowest BCUT2D eigenvalue weighted by molar-refractivity contribution is 0.0697. The lowest BCUT2D eigenvalue weighted by Crippen LogP contribution is -2.14. The van der Waals surface area contributed by atoms with Crippen LogP contribution in [-0.4, -0.2) is 29.8 Å². The SMILES string of the molecule is CCCCCNCc1ccc(C(=O)O)cc1.COc1ccc(CO)cc1. The maximum atomic E-state index is 10.6. The summed E-state index contributed by atoms with van der Waals surface area (Å²) in [6, 6.07) is 14.3. The number of hydrogen-bond donors (Lipinski definition) is 3. The Kier molecular flexibility index (Phi) is 10.8. The van der Waals surface area contributed by atoms with E-state index < -0.39 is 5.97 Å². The number of carbonyl (C=O) groups is 1. The second-order valence-corrected chi connectivity index (χ2v) is 5.89. The Labute approximate surface area is 155 Å². The van der Waals surface area contributed by atoms with Crippen LogP contribution in [-0.2, 0) is 13.2 Å². The Morgan fingerprint density at radius 3 is 2.12 bits per heavy atom. The highest BCUT2D eigenvalue weighted by atomic mass is 16.5. The second kappa shape index (κ2) is 12.9. The minimum Gasteiger partial charge on any atom is -0.497 e. The normalized spacial score (nSPS) is 9.96. The zero-order chi connectivity index (χ0) is 19.2. The van der Waals surface area contributed by atoms with Crippen molar-refractivity contribution in [3.63, 3.8) is 0 Å².